The maximum absolute atomic E-state index is 17.5. The van der Waals surface area contributed by atoms with E-state index < -0.39 is 70.8 Å². The molecule has 0 aromatic carbocycles. The standard InChI is InChI=1S/C34H51FO8/c1-6-8-11-30(41)43-34(28(39)20-42-29(40)12-9-10-21(3)7-2)26(37)18-25-24-14-13-22-17-23(36)15-16-31(22,4)33(24,35)27(38)19-32(25,34)5/h15-17,21,24-27,29,37-38,40H,6-14,18-20H2,1-5H3. The Kier molecular flexibility index (Phi) is 10.1. The van der Waals surface area contributed by atoms with E-state index in [1.54, 1.807) is 19.9 Å². The second-order valence-corrected chi connectivity index (χ2v) is 14.0. The zero-order valence-corrected chi connectivity index (χ0v) is 26.4. The molecule has 4 aliphatic rings. The number of aliphatic hydroxyl groups excluding tert-OH is 3. The molecule has 4 aliphatic carbocycles. The minimum atomic E-state index is -2.16. The summed E-state index contributed by atoms with van der Waals surface area (Å²) in [5.74, 6) is -2.43. The SMILES string of the molecule is CCCCC(=O)OC1(C(=O)COC(O)CCCC(C)CC)C(O)CC2C3CCC4=CC(=O)C=CC4(C)C3(F)C(O)CC21C. The minimum absolute atomic E-state index is 0.00157. The molecule has 8 nitrogen and oxygen atoms in total. The van der Waals surface area contributed by atoms with Crippen molar-refractivity contribution < 1.29 is 43.6 Å². The Balaban J connectivity index is 1.66. The molecule has 242 valence electrons. The lowest BCUT2D eigenvalue weighted by Crippen LogP contribution is -2.70. The van der Waals surface area contributed by atoms with Gasteiger partial charge in [0.2, 0.25) is 11.4 Å². The first-order valence-corrected chi connectivity index (χ1v) is 16.2. The third kappa shape index (κ3) is 5.57. The molecule has 0 spiro atoms. The smallest absolute Gasteiger partial charge is 0.306 e. The number of alkyl halides is 1. The number of unbranched alkanes of at least 4 members (excludes halogenated alkanes) is 1. The number of fused-ring (bicyclic) bond motifs is 5. The van der Waals surface area contributed by atoms with Crippen molar-refractivity contribution in [2.24, 2.45) is 28.6 Å². The number of esters is 1. The Morgan fingerprint density at radius 3 is 2.51 bits per heavy atom. The van der Waals surface area contributed by atoms with E-state index in [2.05, 4.69) is 13.8 Å². The van der Waals surface area contributed by atoms with Crippen molar-refractivity contribution in [3.8, 4) is 0 Å². The van der Waals surface area contributed by atoms with Crippen LogP contribution in [0.3, 0.4) is 0 Å². The van der Waals surface area contributed by atoms with Crippen molar-refractivity contribution in [1.29, 1.82) is 0 Å². The first-order chi connectivity index (χ1) is 20.2. The third-order valence-electron chi connectivity index (χ3n) is 11.5. The highest BCUT2D eigenvalue weighted by atomic mass is 19.1. The number of carbonyl (C=O) groups excluding carboxylic acids is 3. The molecular formula is C34H51FO8. The second kappa shape index (κ2) is 12.8. The van der Waals surface area contributed by atoms with Gasteiger partial charge >= 0.3 is 5.97 Å². The molecular weight excluding hydrogens is 555 g/mol. The molecule has 0 aromatic heterocycles. The Hall–Kier alpha value is -1.94. The predicted octanol–water partition coefficient (Wildman–Crippen LogP) is 4.92. The number of aliphatic hydroxyl groups is 3. The van der Waals surface area contributed by atoms with Crippen LogP contribution in [-0.4, -0.2) is 69.2 Å². The van der Waals surface area contributed by atoms with Gasteiger partial charge in [-0.25, -0.2) is 4.39 Å². The van der Waals surface area contributed by atoms with Gasteiger partial charge in [0.25, 0.3) is 0 Å². The van der Waals surface area contributed by atoms with Crippen LogP contribution >= 0.6 is 0 Å². The van der Waals surface area contributed by atoms with Crippen LogP contribution in [0, 0.1) is 28.6 Å². The van der Waals surface area contributed by atoms with Crippen LogP contribution < -0.4 is 0 Å². The highest BCUT2D eigenvalue weighted by molar-refractivity contribution is 6.01. The zero-order chi connectivity index (χ0) is 31.8. The van der Waals surface area contributed by atoms with Crippen LogP contribution in [0.5, 0.6) is 0 Å². The molecule has 3 fully saturated rings. The van der Waals surface area contributed by atoms with E-state index in [0.717, 1.165) is 19.3 Å². The number of ketones is 2. The Morgan fingerprint density at radius 1 is 1.12 bits per heavy atom. The quantitative estimate of drug-likeness (QED) is 0.199. The fourth-order valence-electron chi connectivity index (χ4n) is 8.71. The van der Waals surface area contributed by atoms with Gasteiger partial charge < -0.3 is 24.8 Å². The van der Waals surface area contributed by atoms with Gasteiger partial charge in [-0.15, -0.1) is 0 Å². The van der Waals surface area contributed by atoms with Crippen LogP contribution in [0.25, 0.3) is 0 Å². The number of halogens is 1. The lowest BCUT2D eigenvalue weighted by molar-refractivity contribution is -0.233. The average Bonchev–Trinajstić information content (AvgIpc) is 3.17. The summed E-state index contributed by atoms with van der Waals surface area (Å²) >= 11 is 0. The monoisotopic (exact) mass is 606 g/mol. The van der Waals surface area contributed by atoms with E-state index >= 15 is 4.39 Å². The average molecular weight is 607 g/mol. The van der Waals surface area contributed by atoms with Crippen molar-refractivity contribution in [1.82, 2.24) is 0 Å². The molecule has 0 heterocycles. The Morgan fingerprint density at radius 2 is 1.84 bits per heavy atom. The topological polar surface area (TPSA) is 130 Å². The summed E-state index contributed by atoms with van der Waals surface area (Å²) < 4.78 is 29.1. The molecule has 4 rings (SSSR count). The molecule has 0 aromatic rings. The molecule has 0 radical (unpaired) electrons. The van der Waals surface area contributed by atoms with Crippen molar-refractivity contribution in [3.05, 3.63) is 23.8 Å². The van der Waals surface area contributed by atoms with Crippen LogP contribution in [0.15, 0.2) is 23.8 Å². The number of hydrogen-bond acceptors (Lipinski definition) is 8. The first kappa shape index (κ1) is 33.9. The lowest BCUT2D eigenvalue weighted by Gasteiger charge is -2.62. The van der Waals surface area contributed by atoms with Gasteiger partial charge in [-0.05, 0) is 75.9 Å². The third-order valence-corrected chi connectivity index (χ3v) is 11.5. The highest BCUT2D eigenvalue weighted by Gasteiger charge is 2.78. The number of allylic oxidation sites excluding steroid dienone is 4. The van der Waals surface area contributed by atoms with Gasteiger partial charge in [0.05, 0.1) is 6.10 Å². The molecule has 0 saturated heterocycles. The fourth-order valence-corrected chi connectivity index (χ4v) is 8.71. The Labute approximate surface area is 255 Å². The largest absolute Gasteiger partial charge is 0.447 e. The van der Waals surface area contributed by atoms with E-state index in [1.807, 2.05) is 6.92 Å². The van der Waals surface area contributed by atoms with E-state index in [1.165, 1.54) is 12.2 Å². The molecule has 0 bridgehead atoms. The number of rotatable bonds is 13. The van der Waals surface area contributed by atoms with Crippen LogP contribution in [-0.2, 0) is 23.9 Å². The van der Waals surface area contributed by atoms with Crippen LogP contribution in [0.4, 0.5) is 4.39 Å². The summed E-state index contributed by atoms with van der Waals surface area (Å²) in [5, 5.41) is 33.8. The Bertz CT molecular complexity index is 1140. The summed E-state index contributed by atoms with van der Waals surface area (Å²) in [6, 6.07) is 0. The van der Waals surface area contributed by atoms with Gasteiger partial charge in [-0.3, -0.25) is 14.4 Å². The summed E-state index contributed by atoms with van der Waals surface area (Å²) in [4.78, 5) is 39.4. The van der Waals surface area contributed by atoms with Crippen molar-refractivity contribution in [2.75, 3.05) is 6.61 Å². The van der Waals surface area contributed by atoms with Crippen molar-refractivity contribution in [2.45, 2.75) is 135 Å². The molecule has 10 unspecified atom stereocenters. The number of carbonyl (C=O) groups is 3. The highest BCUT2D eigenvalue weighted by Crippen LogP contribution is 2.70. The number of ether oxygens (including phenoxy) is 2. The maximum Gasteiger partial charge on any atom is 0.306 e. The molecule has 3 N–H and O–H groups in total. The molecule has 0 aliphatic heterocycles. The van der Waals surface area contributed by atoms with Gasteiger partial charge in [0.15, 0.2) is 17.7 Å². The molecule has 10 atom stereocenters. The second-order valence-electron chi connectivity index (χ2n) is 14.0. The van der Waals surface area contributed by atoms with E-state index in [9.17, 15) is 29.7 Å². The summed E-state index contributed by atoms with van der Waals surface area (Å²) in [6.07, 6.45) is 4.90. The fraction of sp³-hybridized carbons (Fsp3) is 0.794. The zero-order valence-electron chi connectivity index (χ0n) is 26.4. The minimum Gasteiger partial charge on any atom is -0.447 e. The van der Waals surface area contributed by atoms with E-state index in [0.29, 0.717) is 43.6 Å². The molecule has 3 saturated carbocycles. The predicted molar refractivity (Wildman–Crippen MR) is 158 cm³/mol. The summed E-state index contributed by atoms with van der Waals surface area (Å²) in [7, 11) is 0. The van der Waals surface area contributed by atoms with E-state index in [4.69, 9.17) is 9.47 Å². The molecule has 9 heteroatoms. The van der Waals surface area contributed by atoms with Crippen molar-refractivity contribution >= 4 is 17.5 Å². The molecule has 0 amide bonds. The van der Waals surface area contributed by atoms with Gasteiger partial charge in [0.1, 0.15) is 12.7 Å². The van der Waals surface area contributed by atoms with Crippen molar-refractivity contribution in [3.63, 3.8) is 0 Å². The van der Waals surface area contributed by atoms with Crippen LogP contribution in [0.2, 0.25) is 0 Å². The van der Waals surface area contributed by atoms with E-state index in [-0.39, 0.29) is 25.0 Å². The van der Waals surface area contributed by atoms with Gasteiger partial charge in [0, 0.05) is 23.2 Å². The first-order valence-electron chi connectivity index (χ1n) is 16.2. The summed E-state index contributed by atoms with van der Waals surface area (Å²) in [6.45, 7) is 8.96. The van der Waals surface area contributed by atoms with Gasteiger partial charge in [-0.2, -0.15) is 0 Å². The van der Waals surface area contributed by atoms with Gasteiger partial charge in [-0.1, -0.05) is 58.6 Å². The maximum atomic E-state index is 17.5. The van der Waals surface area contributed by atoms with Crippen LogP contribution in [0.1, 0.15) is 105 Å². The lowest BCUT2D eigenvalue weighted by atomic mass is 9.44. The summed E-state index contributed by atoms with van der Waals surface area (Å²) in [5.41, 5.74) is -6.14. The molecule has 43 heavy (non-hydrogen) atoms. The number of Topliss-reactive ketones (excluding diaryl/α,β-unsaturated/α-hetero) is 1. The number of hydrogen-bond donors (Lipinski definition) is 3. The normalized spacial score (nSPS) is 39.7.